The third kappa shape index (κ3) is 4.38. The molecule has 0 radical (unpaired) electrons. The number of nitrogens with one attached hydrogen (secondary N) is 2. The Morgan fingerprint density at radius 1 is 0.972 bits per heavy atom. The van der Waals surface area contributed by atoms with E-state index in [0.29, 0.717) is 16.9 Å². The van der Waals surface area contributed by atoms with Crippen LogP contribution in [-0.4, -0.2) is 35.6 Å². The molecular formula is C25H22F2N8O. The number of aromatic nitrogens is 6. The average molecular weight is 489 g/mol. The van der Waals surface area contributed by atoms with Crippen molar-refractivity contribution in [1.29, 1.82) is 0 Å². The molecule has 0 spiro atoms. The minimum atomic E-state index is -0.682. The molecule has 4 aromatic heterocycles. The first-order valence-electron chi connectivity index (χ1n) is 11.1. The number of aryl methyl sites for hydroxylation is 1. The van der Waals surface area contributed by atoms with E-state index < -0.39 is 17.7 Å². The summed E-state index contributed by atoms with van der Waals surface area (Å²) in [6, 6.07) is 6.76. The minimum absolute atomic E-state index is 0.00913. The van der Waals surface area contributed by atoms with Crippen LogP contribution >= 0.6 is 0 Å². The third-order valence-electron chi connectivity index (χ3n) is 5.70. The zero-order valence-electron chi connectivity index (χ0n) is 19.7. The maximum absolute atomic E-state index is 15.0. The molecule has 0 aliphatic carbocycles. The molecule has 0 fully saturated rings. The van der Waals surface area contributed by atoms with Gasteiger partial charge >= 0.3 is 6.03 Å². The lowest BCUT2D eigenvalue weighted by molar-refractivity contribution is 0.262. The molecule has 182 valence electrons. The molecule has 5 aromatic rings. The predicted octanol–water partition coefficient (Wildman–Crippen LogP) is 5.26. The van der Waals surface area contributed by atoms with E-state index in [1.165, 1.54) is 29.1 Å². The first kappa shape index (κ1) is 23.1. The molecule has 5 rings (SSSR count). The van der Waals surface area contributed by atoms with Gasteiger partial charge in [-0.15, -0.1) is 0 Å². The largest absolute Gasteiger partial charge is 0.324 e. The number of halogens is 2. The zero-order valence-corrected chi connectivity index (χ0v) is 19.7. The van der Waals surface area contributed by atoms with Crippen LogP contribution in [0.2, 0.25) is 0 Å². The molecule has 11 heteroatoms. The van der Waals surface area contributed by atoms with Gasteiger partial charge in [0, 0.05) is 36.3 Å². The van der Waals surface area contributed by atoms with Crippen LogP contribution in [-0.2, 0) is 7.05 Å². The summed E-state index contributed by atoms with van der Waals surface area (Å²) in [6.07, 6.45) is 7.55. The fraction of sp³-hybridized carbons (Fsp3) is 0.160. The molecule has 0 unspecified atom stereocenters. The molecule has 36 heavy (non-hydrogen) atoms. The average Bonchev–Trinajstić information content (AvgIpc) is 3.44. The summed E-state index contributed by atoms with van der Waals surface area (Å²) >= 11 is 0. The second-order valence-electron chi connectivity index (χ2n) is 8.54. The fourth-order valence-electron chi connectivity index (χ4n) is 3.83. The molecule has 1 aromatic carbocycles. The SMILES string of the molecule is CC(C)c1cc(NC(=O)Nc2ccc(-c3cncc4c3cnn4C)cc2F)n(-c2cncc(F)c2)n1. The molecule has 0 aliphatic rings. The van der Waals surface area contributed by atoms with Gasteiger partial charge in [0.05, 0.1) is 47.4 Å². The van der Waals surface area contributed by atoms with Gasteiger partial charge in [-0.2, -0.15) is 10.2 Å². The van der Waals surface area contributed by atoms with Crippen LogP contribution in [0.15, 0.2) is 61.3 Å². The smallest absolute Gasteiger partial charge is 0.305 e. The van der Waals surface area contributed by atoms with Crippen LogP contribution < -0.4 is 10.6 Å². The number of carbonyl (C=O) groups is 1. The fourth-order valence-corrected chi connectivity index (χ4v) is 3.83. The summed E-state index contributed by atoms with van der Waals surface area (Å²) in [7, 11) is 1.81. The zero-order chi connectivity index (χ0) is 25.4. The Kier molecular flexibility index (Phi) is 5.88. The van der Waals surface area contributed by atoms with Crippen molar-refractivity contribution in [2.75, 3.05) is 10.6 Å². The molecule has 0 aliphatic heterocycles. The van der Waals surface area contributed by atoms with E-state index in [9.17, 15) is 13.6 Å². The van der Waals surface area contributed by atoms with Gasteiger partial charge in [-0.1, -0.05) is 19.9 Å². The second kappa shape index (κ2) is 9.17. The molecular weight excluding hydrogens is 466 g/mol. The van der Waals surface area contributed by atoms with Crippen LogP contribution in [0.25, 0.3) is 27.7 Å². The molecule has 4 heterocycles. The molecule has 0 saturated heterocycles. The van der Waals surface area contributed by atoms with Gasteiger partial charge in [-0.3, -0.25) is 20.0 Å². The van der Waals surface area contributed by atoms with Crippen LogP contribution in [0.3, 0.4) is 0 Å². The van der Waals surface area contributed by atoms with Crippen molar-refractivity contribution < 1.29 is 13.6 Å². The lowest BCUT2D eigenvalue weighted by atomic mass is 10.0. The predicted molar refractivity (Wildman–Crippen MR) is 132 cm³/mol. The lowest BCUT2D eigenvalue weighted by Gasteiger charge is -2.11. The number of nitrogens with zero attached hydrogens (tertiary/aromatic N) is 6. The maximum Gasteiger partial charge on any atom is 0.324 e. The standard InChI is InChI=1S/C25H22F2N8O/c1-14(2)22-8-24(35(33-22)17-7-16(26)9-28-10-17)32-25(36)31-21-5-4-15(6-20(21)27)18-11-29-13-23-19(18)12-30-34(23)3/h4-14H,1-3H3,(H2,31,32,36). The quantitative estimate of drug-likeness (QED) is 0.351. The van der Waals surface area contributed by atoms with Crippen molar-refractivity contribution in [3.05, 3.63) is 78.6 Å². The van der Waals surface area contributed by atoms with Crippen LogP contribution in [0.1, 0.15) is 25.5 Å². The number of hydrogen-bond acceptors (Lipinski definition) is 5. The van der Waals surface area contributed by atoms with Gasteiger partial charge in [0.2, 0.25) is 0 Å². The van der Waals surface area contributed by atoms with E-state index in [1.807, 2.05) is 13.8 Å². The van der Waals surface area contributed by atoms with Crippen molar-refractivity contribution in [2.24, 2.45) is 7.05 Å². The summed E-state index contributed by atoms with van der Waals surface area (Å²) in [6.45, 7) is 3.89. The summed E-state index contributed by atoms with van der Waals surface area (Å²) < 4.78 is 31.8. The topological polar surface area (TPSA) is 103 Å². The maximum atomic E-state index is 15.0. The third-order valence-corrected chi connectivity index (χ3v) is 5.70. The number of pyridine rings is 2. The Morgan fingerprint density at radius 2 is 1.78 bits per heavy atom. The van der Waals surface area contributed by atoms with Gasteiger partial charge < -0.3 is 5.32 Å². The van der Waals surface area contributed by atoms with E-state index >= 15 is 0 Å². The summed E-state index contributed by atoms with van der Waals surface area (Å²) in [5, 5.41) is 14.7. The van der Waals surface area contributed by atoms with Crippen LogP contribution in [0, 0.1) is 11.6 Å². The summed E-state index contributed by atoms with van der Waals surface area (Å²) in [5.74, 6) is -0.812. The summed E-state index contributed by atoms with van der Waals surface area (Å²) in [5.41, 5.74) is 3.16. The van der Waals surface area contributed by atoms with Crippen molar-refractivity contribution in [3.8, 4) is 16.8 Å². The van der Waals surface area contributed by atoms with Gasteiger partial charge in [-0.05, 0) is 23.6 Å². The second-order valence-corrected chi connectivity index (χ2v) is 8.54. The van der Waals surface area contributed by atoms with Gasteiger partial charge in [-0.25, -0.2) is 18.3 Å². The van der Waals surface area contributed by atoms with E-state index in [0.717, 1.165) is 22.7 Å². The number of urea groups is 1. The Morgan fingerprint density at radius 3 is 2.53 bits per heavy atom. The van der Waals surface area contributed by atoms with Gasteiger partial charge in [0.1, 0.15) is 17.5 Å². The number of fused-ring (bicyclic) bond motifs is 1. The Hall–Kier alpha value is -4.67. The normalized spacial score (nSPS) is 11.3. The Labute approximate surface area is 204 Å². The highest BCUT2D eigenvalue weighted by Gasteiger charge is 2.17. The lowest BCUT2D eigenvalue weighted by Crippen LogP contribution is -2.22. The van der Waals surface area contributed by atoms with Crippen molar-refractivity contribution in [2.45, 2.75) is 19.8 Å². The molecule has 0 bridgehead atoms. The highest BCUT2D eigenvalue weighted by atomic mass is 19.1. The minimum Gasteiger partial charge on any atom is -0.305 e. The van der Waals surface area contributed by atoms with E-state index in [2.05, 4.69) is 30.8 Å². The number of carbonyl (C=O) groups excluding carboxylic acids is 1. The van der Waals surface area contributed by atoms with E-state index in [4.69, 9.17) is 0 Å². The van der Waals surface area contributed by atoms with Crippen molar-refractivity contribution in [1.82, 2.24) is 29.5 Å². The monoisotopic (exact) mass is 488 g/mol. The molecule has 0 saturated carbocycles. The highest BCUT2D eigenvalue weighted by molar-refractivity contribution is 6.00. The van der Waals surface area contributed by atoms with Gasteiger partial charge in [0.25, 0.3) is 0 Å². The van der Waals surface area contributed by atoms with Gasteiger partial charge in [0.15, 0.2) is 0 Å². The number of amides is 2. The Bertz CT molecular complexity index is 1590. The molecule has 2 N–H and O–H groups in total. The van der Waals surface area contributed by atoms with E-state index in [1.54, 1.807) is 42.5 Å². The van der Waals surface area contributed by atoms with E-state index in [-0.39, 0.29) is 17.4 Å². The van der Waals surface area contributed by atoms with Crippen molar-refractivity contribution >= 4 is 28.4 Å². The number of anilines is 2. The highest BCUT2D eigenvalue weighted by Crippen LogP contribution is 2.30. The molecule has 2 amide bonds. The summed E-state index contributed by atoms with van der Waals surface area (Å²) in [4.78, 5) is 20.8. The molecule has 0 atom stereocenters. The van der Waals surface area contributed by atoms with Crippen LogP contribution in [0.5, 0.6) is 0 Å². The molecule has 9 nitrogen and oxygen atoms in total. The van der Waals surface area contributed by atoms with Crippen LogP contribution in [0.4, 0.5) is 25.1 Å². The number of hydrogen-bond donors (Lipinski definition) is 2. The number of benzene rings is 1. The number of rotatable bonds is 5. The van der Waals surface area contributed by atoms with Crippen molar-refractivity contribution in [3.63, 3.8) is 0 Å². The first-order chi connectivity index (χ1) is 17.3. The first-order valence-corrected chi connectivity index (χ1v) is 11.1. The Balaban J connectivity index is 1.39.